The summed E-state index contributed by atoms with van der Waals surface area (Å²) in [7, 11) is 1.90. The SMILES string of the molecule is CC(C)(C)OC(=O)N[C@@H](CSSC[C@H](NC(=O)OC(C)(C)C)C(=O)ON1C(=O)CCC1=O)C(=O)ON1C(=O)CCC1=O. The molecule has 2 saturated heterocycles. The third-order valence-electron chi connectivity index (χ3n) is 4.88. The van der Waals surface area contributed by atoms with Crippen molar-refractivity contribution in [3.8, 4) is 0 Å². The van der Waals surface area contributed by atoms with E-state index in [9.17, 15) is 38.4 Å². The lowest BCUT2D eigenvalue weighted by Crippen LogP contribution is -2.48. The van der Waals surface area contributed by atoms with Crippen LogP contribution in [0.4, 0.5) is 9.59 Å². The molecule has 0 aromatic rings. The minimum atomic E-state index is -1.40. The van der Waals surface area contributed by atoms with Crippen LogP contribution in [0.25, 0.3) is 0 Å². The van der Waals surface area contributed by atoms with Gasteiger partial charge in [-0.05, 0) is 41.5 Å². The number of nitrogens with one attached hydrogen (secondary N) is 2. The van der Waals surface area contributed by atoms with Crippen molar-refractivity contribution in [2.75, 3.05) is 11.5 Å². The molecule has 0 aromatic heterocycles. The Bertz CT molecular complexity index is 1000. The summed E-state index contributed by atoms with van der Waals surface area (Å²) < 4.78 is 10.3. The molecule has 2 atom stereocenters. The van der Waals surface area contributed by atoms with E-state index in [0.717, 1.165) is 21.6 Å². The van der Waals surface area contributed by atoms with E-state index in [4.69, 9.17) is 19.1 Å². The summed E-state index contributed by atoms with van der Waals surface area (Å²) in [6.07, 6.45) is -2.45. The lowest BCUT2D eigenvalue weighted by Gasteiger charge is -2.24. The van der Waals surface area contributed by atoms with Crippen LogP contribution in [0.15, 0.2) is 0 Å². The van der Waals surface area contributed by atoms with Crippen LogP contribution in [0.5, 0.6) is 0 Å². The second-order valence-electron chi connectivity index (χ2n) is 11.0. The van der Waals surface area contributed by atoms with E-state index in [1.165, 1.54) is 0 Å². The van der Waals surface area contributed by atoms with E-state index >= 15 is 0 Å². The number of ether oxygens (including phenoxy) is 2. The van der Waals surface area contributed by atoms with Crippen LogP contribution in [0.3, 0.4) is 0 Å². The molecule has 18 heteroatoms. The minimum Gasteiger partial charge on any atom is -0.444 e. The third kappa shape index (κ3) is 11.4. The number of rotatable bonds is 11. The molecule has 0 bridgehead atoms. The number of hydroxylamine groups is 4. The highest BCUT2D eigenvalue weighted by Crippen LogP contribution is 2.25. The van der Waals surface area contributed by atoms with Crippen molar-refractivity contribution in [3.63, 3.8) is 0 Å². The van der Waals surface area contributed by atoms with E-state index in [1.807, 2.05) is 0 Å². The fourth-order valence-electron chi connectivity index (χ4n) is 3.09. The number of carbonyl (C=O) groups is 8. The summed E-state index contributed by atoms with van der Waals surface area (Å²) in [5.41, 5.74) is -1.80. The van der Waals surface area contributed by atoms with Gasteiger partial charge in [-0.15, -0.1) is 10.1 Å². The molecule has 2 N–H and O–H groups in total. The van der Waals surface area contributed by atoms with Gasteiger partial charge in [0, 0.05) is 37.2 Å². The van der Waals surface area contributed by atoms with Crippen molar-refractivity contribution in [3.05, 3.63) is 0 Å². The molecule has 2 rings (SSSR count). The van der Waals surface area contributed by atoms with Crippen molar-refractivity contribution in [1.29, 1.82) is 0 Å². The Labute approximate surface area is 249 Å². The molecule has 0 aromatic carbocycles. The smallest absolute Gasteiger partial charge is 0.408 e. The van der Waals surface area contributed by atoms with Gasteiger partial charge in [-0.2, -0.15) is 0 Å². The van der Waals surface area contributed by atoms with Crippen LogP contribution in [-0.4, -0.2) is 92.7 Å². The van der Waals surface area contributed by atoms with Crippen LogP contribution in [0, 0.1) is 0 Å². The summed E-state index contributed by atoms with van der Waals surface area (Å²) >= 11 is 0. The molecule has 2 aliphatic rings. The maximum atomic E-state index is 12.8. The Morgan fingerprint density at radius 3 is 1.19 bits per heavy atom. The number of nitrogens with zero attached hydrogens (tertiary/aromatic N) is 2. The van der Waals surface area contributed by atoms with Gasteiger partial charge in [-0.25, -0.2) is 19.2 Å². The number of hydrogen-bond acceptors (Lipinski definition) is 14. The molecule has 42 heavy (non-hydrogen) atoms. The average molecular weight is 635 g/mol. The quantitative estimate of drug-likeness (QED) is 0.187. The Hall–Kier alpha value is -3.54. The van der Waals surface area contributed by atoms with Gasteiger partial charge in [0.25, 0.3) is 23.6 Å². The van der Waals surface area contributed by atoms with Crippen molar-refractivity contribution in [1.82, 2.24) is 20.8 Å². The summed E-state index contributed by atoms with van der Waals surface area (Å²) in [6, 6.07) is -2.80. The summed E-state index contributed by atoms with van der Waals surface area (Å²) in [6.45, 7) is 9.62. The maximum absolute atomic E-state index is 12.8. The second kappa shape index (κ2) is 14.6. The second-order valence-corrected chi connectivity index (χ2v) is 13.5. The highest BCUT2D eigenvalue weighted by molar-refractivity contribution is 8.76. The highest BCUT2D eigenvalue weighted by Gasteiger charge is 2.37. The first kappa shape index (κ1) is 34.7. The number of amides is 6. The molecule has 6 amide bonds. The molecule has 0 spiro atoms. The molecule has 0 radical (unpaired) electrons. The molecule has 234 valence electrons. The van der Waals surface area contributed by atoms with Crippen molar-refractivity contribution in [2.24, 2.45) is 0 Å². The zero-order valence-corrected chi connectivity index (χ0v) is 25.6. The van der Waals surface area contributed by atoms with Crippen LogP contribution in [0.2, 0.25) is 0 Å². The topological polar surface area (TPSA) is 204 Å². The Morgan fingerprint density at radius 1 is 0.643 bits per heavy atom. The Kier molecular flexibility index (Phi) is 12.0. The van der Waals surface area contributed by atoms with Crippen LogP contribution < -0.4 is 10.6 Å². The summed E-state index contributed by atoms with van der Waals surface area (Å²) in [5.74, 6) is -5.48. The van der Waals surface area contributed by atoms with Crippen molar-refractivity contribution >= 4 is 69.3 Å². The highest BCUT2D eigenvalue weighted by atomic mass is 33.1. The largest absolute Gasteiger partial charge is 0.444 e. The van der Waals surface area contributed by atoms with E-state index in [2.05, 4.69) is 10.6 Å². The molecule has 2 fully saturated rings. The molecule has 16 nitrogen and oxygen atoms in total. The van der Waals surface area contributed by atoms with E-state index < -0.39 is 71.0 Å². The normalized spacial score (nSPS) is 17.1. The van der Waals surface area contributed by atoms with Gasteiger partial charge < -0.3 is 29.8 Å². The first-order valence-electron chi connectivity index (χ1n) is 12.7. The zero-order chi connectivity index (χ0) is 31.8. The molecule has 0 aliphatic carbocycles. The lowest BCUT2D eigenvalue weighted by molar-refractivity contribution is -0.198. The van der Waals surface area contributed by atoms with E-state index in [1.54, 1.807) is 41.5 Å². The van der Waals surface area contributed by atoms with Gasteiger partial charge in [0.15, 0.2) is 0 Å². The number of alkyl carbamates (subject to hydrolysis) is 2. The predicted molar refractivity (Wildman–Crippen MR) is 146 cm³/mol. The van der Waals surface area contributed by atoms with Gasteiger partial charge in [0.1, 0.15) is 23.3 Å². The zero-order valence-electron chi connectivity index (χ0n) is 24.0. The van der Waals surface area contributed by atoms with Crippen LogP contribution in [-0.2, 0) is 47.9 Å². The predicted octanol–water partition coefficient (Wildman–Crippen LogP) is 1.37. The minimum absolute atomic E-state index is 0.127. The fourth-order valence-corrected chi connectivity index (χ4v) is 5.39. The third-order valence-corrected chi connectivity index (χ3v) is 7.30. The number of imide groups is 2. The van der Waals surface area contributed by atoms with Gasteiger partial charge in [0.05, 0.1) is 0 Å². The standard InChI is InChI=1S/C24H34N4O12S2/c1-23(2,3)37-21(35)25-13(19(33)39-27-15(29)7-8-16(27)30)11-41-42-12-14(26-22(36)38-24(4,5)6)20(34)40-28-17(31)9-10-18(28)32/h13-14H,7-12H2,1-6H3,(H,25,35)(H,26,36)/t13-,14-/m0/s1. The van der Waals surface area contributed by atoms with E-state index in [0.29, 0.717) is 10.1 Å². The lowest BCUT2D eigenvalue weighted by atomic mass is 10.2. The molecule has 0 unspecified atom stereocenters. The summed E-state index contributed by atoms with van der Waals surface area (Å²) in [4.78, 5) is 108. The van der Waals surface area contributed by atoms with Crippen molar-refractivity contribution in [2.45, 2.75) is 90.5 Å². The fraction of sp³-hybridized carbons (Fsp3) is 0.667. The van der Waals surface area contributed by atoms with Gasteiger partial charge >= 0.3 is 24.1 Å². The summed E-state index contributed by atoms with van der Waals surface area (Å²) in [5, 5.41) is 5.31. The van der Waals surface area contributed by atoms with Gasteiger partial charge in [0.2, 0.25) is 0 Å². The monoisotopic (exact) mass is 634 g/mol. The van der Waals surface area contributed by atoms with Crippen molar-refractivity contribution < 1.29 is 57.5 Å². The van der Waals surface area contributed by atoms with Crippen LogP contribution >= 0.6 is 21.6 Å². The van der Waals surface area contributed by atoms with E-state index in [-0.39, 0.29) is 37.2 Å². The maximum Gasteiger partial charge on any atom is 0.408 e. The van der Waals surface area contributed by atoms with Crippen LogP contribution in [0.1, 0.15) is 67.2 Å². The number of hydrogen-bond donors (Lipinski definition) is 2. The molecular weight excluding hydrogens is 600 g/mol. The molecular formula is C24H34N4O12S2. The Morgan fingerprint density at radius 2 is 0.929 bits per heavy atom. The number of carbonyl (C=O) groups excluding carboxylic acids is 8. The Balaban J connectivity index is 2.07. The van der Waals surface area contributed by atoms with Gasteiger partial charge in [-0.3, -0.25) is 19.2 Å². The molecule has 2 heterocycles. The first-order chi connectivity index (χ1) is 19.4. The molecule has 0 saturated carbocycles. The molecule has 2 aliphatic heterocycles. The first-order valence-corrected chi connectivity index (χ1v) is 15.2. The van der Waals surface area contributed by atoms with Gasteiger partial charge in [-0.1, -0.05) is 21.6 Å². The average Bonchev–Trinajstić information content (AvgIpc) is 3.32.